The lowest BCUT2D eigenvalue weighted by molar-refractivity contribution is -0.137. The summed E-state index contributed by atoms with van der Waals surface area (Å²) in [5.41, 5.74) is 4.69. The molecule has 0 fully saturated rings. The molecule has 0 aromatic heterocycles. The molecule has 98 valence electrons. The molecule has 0 saturated carbocycles. The van der Waals surface area contributed by atoms with Crippen molar-refractivity contribution < 1.29 is 18.0 Å². The van der Waals surface area contributed by atoms with Crippen LogP contribution in [0.4, 0.5) is 18.9 Å². The highest BCUT2D eigenvalue weighted by molar-refractivity contribution is 6.00. The summed E-state index contributed by atoms with van der Waals surface area (Å²) in [5, 5.41) is 0. The van der Waals surface area contributed by atoms with Gasteiger partial charge >= 0.3 is 6.18 Å². The maximum atomic E-state index is 12.5. The highest BCUT2D eigenvalue weighted by Gasteiger charge is 2.31. The Morgan fingerprint density at radius 1 is 1.39 bits per heavy atom. The SMILES string of the molecule is C=CCCCC(=O)c1cc(C(F)(F)F)ccc1N. The largest absolute Gasteiger partial charge is 0.416 e. The van der Waals surface area contributed by atoms with Gasteiger partial charge in [-0.3, -0.25) is 4.79 Å². The van der Waals surface area contributed by atoms with Crippen LogP contribution in [0.15, 0.2) is 30.9 Å². The van der Waals surface area contributed by atoms with Crippen molar-refractivity contribution in [3.63, 3.8) is 0 Å². The number of ketones is 1. The fourth-order valence-corrected chi connectivity index (χ4v) is 1.52. The molecule has 0 heterocycles. The Hall–Kier alpha value is -1.78. The van der Waals surface area contributed by atoms with E-state index in [9.17, 15) is 18.0 Å². The molecule has 0 amide bonds. The lowest BCUT2D eigenvalue weighted by Gasteiger charge is -2.10. The second-order valence-corrected chi connectivity index (χ2v) is 3.90. The zero-order valence-corrected chi connectivity index (χ0v) is 9.76. The molecule has 1 rings (SSSR count). The highest BCUT2D eigenvalue weighted by atomic mass is 19.4. The van der Waals surface area contributed by atoms with E-state index in [1.165, 1.54) is 0 Å². The number of carbonyl (C=O) groups is 1. The van der Waals surface area contributed by atoms with Gasteiger partial charge in [0.15, 0.2) is 5.78 Å². The first-order chi connectivity index (χ1) is 8.36. The Kier molecular flexibility index (Phi) is 4.53. The number of unbranched alkanes of at least 4 members (excludes halogenated alkanes) is 1. The van der Waals surface area contributed by atoms with Gasteiger partial charge in [0.25, 0.3) is 0 Å². The number of hydrogen-bond acceptors (Lipinski definition) is 2. The number of alkyl halides is 3. The number of carbonyl (C=O) groups excluding carboxylic acids is 1. The summed E-state index contributed by atoms with van der Waals surface area (Å²) in [6.07, 6.45) is -1.45. The van der Waals surface area contributed by atoms with Crippen LogP contribution in [0.1, 0.15) is 35.2 Å². The number of Topliss-reactive ketones (excluding diaryl/α,β-unsaturated/α-hetero) is 1. The number of halogens is 3. The van der Waals surface area contributed by atoms with Crippen molar-refractivity contribution in [2.75, 3.05) is 5.73 Å². The second kappa shape index (κ2) is 5.71. The number of anilines is 1. The maximum Gasteiger partial charge on any atom is 0.416 e. The average molecular weight is 257 g/mol. The summed E-state index contributed by atoms with van der Waals surface area (Å²) in [4.78, 5) is 11.7. The molecule has 0 bridgehead atoms. The van der Waals surface area contributed by atoms with E-state index in [1.54, 1.807) is 6.08 Å². The van der Waals surface area contributed by atoms with Crippen molar-refractivity contribution in [3.8, 4) is 0 Å². The standard InChI is InChI=1S/C13H14F3NO/c1-2-3-4-5-12(18)10-8-9(13(14,15)16)6-7-11(10)17/h2,6-8H,1,3-5,17H2. The van der Waals surface area contributed by atoms with Gasteiger partial charge in [0, 0.05) is 17.7 Å². The number of nitrogens with two attached hydrogens (primary N) is 1. The molecule has 0 unspecified atom stereocenters. The van der Waals surface area contributed by atoms with E-state index < -0.39 is 11.7 Å². The zero-order chi connectivity index (χ0) is 13.8. The molecule has 2 nitrogen and oxygen atoms in total. The van der Waals surface area contributed by atoms with Crippen LogP contribution in [-0.4, -0.2) is 5.78 Å². The van der Waals surface area contributed by atoms with Crippen molar-refractivity contribution in [3.05, 3.63) is 42.0 Å². The molecule has 0 saturated heterocycles. The minimum atomic E-state index is -4.47. The molecule has 18 heavy (non-hydrogen) atoms. The van der Waals surface area contributed by atoms with Gasteiger partial charge in [-0.15, -0.1) is 6.58 Å². The van der Waals surface area contributed by atoms with Crippen molar-refractivity contribution in [1.29, 1.82) is 0 Å². The molecule has 0 radical (unpaired) electrons. The van der Waals surface area contributed by atoms with Crippen molar-refractivity contribution in [2.45, 2.75) is 25.4 Å². The average Bonchev–Trinajstić information content (AvgIpc) is 2.28. The summed E-state index contributed by atoms with van der Waals surface area (Å²) >= 11 is 0. The summed E-state index contributed by atoms with van der Waals surface area (Å²) in [5.74, 6) is -0.375. The van der Waals surface area contributed by atoms with Crippen LogP contribution in [0.3, 0.4) is 0 Å². The number of hydrogen-bond donors (Lipinski definition) is 1. The summed E-state index contributed by atoms with van der Waals surface area (Å²) in [7, 11) is 0. The first-order valence-corrected chi connectivity index (χ1v) is 5.47. The second-order valence-electron chi connectivity index (χ2n) is 3.90. The van der Waals surface area contributed by atoms with E-state index in [4.69, 9.17) is 5.73 Å². The predicted molar refractivity (Wildman–Crippen MR) is 64.2 cm³/mol. The minimum absolute atomic E-state index is 0.0612. The fourth-order valence-electron chi connectivity index (χ4n) is 1.52. The van der Waals surface area contributed by atoms with Crippen molar-refractivity contribution in [1.82, 2.24) is 0 Å². The molecule has 0 aliphatic heterocycles. The number of allylic oxidation sites excluding steroid dienone is 1. The molecule has 0 atom stereocenters. The van der Waals surface area contributed by atoms with Gasteiger partial charge in [0.2, 0.25) is 0 Å². The third-order valence-corrected chi connectivity index (χ3v) is 2.49. The molecule has 0 aliphatic rings. The quantitative estimate of drug-likeness (QED) is 0.377. The minimum Gasteiger partial charge on any atom is -0.398 e. The van der Waals surface area contributed by atoms with Crippen LogP contribution in [0.5, 0.6) is 0 Å². The zero-order valence-electron chi connectivity index (χ0n) is 9.76. The highest BCUT2D eigenvalue weighted by Crippen LogP contribution is 2.31. The van der Waals surface area contributed by atoms with E-state index >= 15 is 0 Å². The topological polar surface area (TPSA) is 43.1 Å². The van der Waals surface area contributed by atoms with Crippen LogP contribution in [0, 0.1) is 0 Å². The number of benzene rings is 1. The van der Waals surface area contributed by atoms with Gasteiger partial charge in [-0.25, -0.2) is 0 Å². The molecule has 0 spiro atoms. The lowest BCUT2D eigenvalue weighted by atomic mass is 10.0. The molecular weight excluding hydrogens is 243 g/mol. The molecule has 1 aromatic carbocycles. The Balaban J connectivity index is 2.93. The van der Waals surface area contributed by atoms with Gasteiger partial charge < -0.3 is 5.73 Å². The van der Waals surface area contributed by atoms with Gasteiger partial charge in [-0.1, -0.05) is 6.08 Å². The molecule has 2 N–H and O–H groups in total. The van der Waals surface area contributed by atoms with Gasteiger partial charge in [0.1, 0.15) is 0 Å². The van der Waals surface area contributed by atoms with E-state index in [-0.39, 0.29) is 23.5 Å². The third-order valence-electron chi connectivity index (χ3n) is 2.49. The third kappa shape index (κ3) is 3.61. The van der Waals surface area contributed by atoms with Gasteiger partial charge in [-0.05, 0) is 31.0 Å². The number of rotatable bonds is 5. The summed E-state index contributed by atoms with van der Waals surface area (Å²) in [6.45, 7) is 3.51. The van der Waals surface area contributed by atoms with Crippen LogP contribution >= 0.6 is 0 Å². The normalized spacial score (nSPS) is 11.3. The predicted octanol–water partition coefficient (Wildman–Crippen LogP) is 3.83. The van der Waals surface area contributed by atoms with Crippen LogP contribution < -0.4 is 5.73 Å². The molecule has 0 aliphatic carbocycles. The van der Waals surface area contributed by atoms with Crippen molar-refractivity contribution in [2.24, 2.45) is 0 Å². The van der Waals surface area contributed by atoms with E-state index in [0.29, 0.717) is 12.8 Å². The van der Waals surface area contributed by atoms with Crippen LogP contribution in [0.25, 0.3) is 0 Å². The summed E-state index contributed by atoms with van der Waals surface area (Å²) in [6, 6.07) is 2.80. The Bertz CT molecular complexity index is 452. The Morgan fingerprint density at radius 3 is 2.61 bits per heavy atom. The van der Waals surface area contributed by atoms with Gasteiger partial charge in [-0.2, -0.15) is 13.2 Å². The van der Waals surface area contributed by atoms with Gasteiger partial charge in [0.05, 0.1) is 5.56 Å². The Labute approximate surface area is 103 Å². The maximum absolute atomic E-state index is 12.5. The van der Waals surface area contributed by atoms with E-state index in [0.717, 1.165) is 18.2 Å². The van der Waals surface area contributed by atoms with E-state index in [1.807, 2.05) is 0 Å². The molecular formula is C13H14F3NO. The number of nitrogen functional groups attached to an aromatic ring is 1. The lowest BCUT2D eigenvalue weighted by Crippen LogP contribution is -2.10. The molecule has 1 aromatic rings. The first-order valence-electron chi connectivity index (χ1n) is 5.47. The van der Waals surface area contributed by atoms with Crippen LogP contribution in [-0.2, 0) is 6.18 Å². The van der Waals surface area contributed by atoms with E-state index in [2.05, 4.69) is 6.58 Å². The molecule has 5 heteroatoms. The van der Waals surface area contributed by atoms with Crippen molar-refractivity contribution >= 4 is 11.5 Å². The summed E-state index contributed by atoms with van der Waals surface area (Å²) < 4.78 is 37.5. The smallest absolute Gasteiger partial charge is 0.398 e. The van der Waals surface area contributed by atoms with Crippen LogP contribution in [0.2, 0.25) is 0 Å². The fraction of sp³-hybridized carbons (Fsp3) is 0.308. The first kappa shape index (κ1) is 14.3. The Morgan fingerprint density at radius 2 is 2.06 bits per heavy atom. The monoisotopic (exact) mass is 257 g/mol.